The molecule has 0 saturated carbocycles. The van der Waals surface area contributed by atoms with Crippen molar-refractivity contribution in [2.45, 2.75) is 20.1 Å². The molecule has 26 heavy (non-hydrogen) atoms. The predicted molar refractivity (Wildman–Crippen MR) is 100 cm³/mol. The highest BCUT2D eigenvalue weighted by Crippen LogP contribution is 2.19. The lowest BCUT2D eigenvalue weighted by atomic mass is 10.1. The summed E-state index contributed by atoms with van der Waals surface area (Å²) in [6.07, 6.45) is 1.72. The lowest BCUT2D eigenvalue weighted by Crippen LogP contribution is -2.13. The molecule has 2 aromatic carbocycles. The third-order valence-corrected chi connectivity index (χ3v) is 3.96. The number of nitrogens with one attached hydrogen (secondary N) is 1. The van der Waals surface area contributed by atoms with E-state index in [0.717, 1.165) is 16.8 Å². The van der Waals surface area contributed by atoms with Crippen molar-refractivity contribution >= 4 is 11.6 Å². The number of carbonyl (C=O) groups excluding carboxylic acids is 1. The van der Waals surface area contributed by atoms with Crippen LogP contribution < -0.4 is 10.1 Å². The lowest BCUT2D eigenvalue weighted by molar-refractivity contribution is 0.102. The minimum atomic E-state index is -0.209. The van der Waals surface area contributed by atoms with Crippen LogP contribution in [0.4, 0.5) is 5.69 Å². The number of hydrogen-bond donors (Lipinski definition) is 2. The van der Waals surface area contributed by atoms with Gasteiger partial charge in [-0.25, -0.2) is 0 Å². The van der Waals surface area contributed by atoms with Crippen LogP contribution in [0.25, 0.3) is 0 Å². The zero-order valence-corrected chi connectivity index (χ0v) is 14.5. The number of rotatable bonds is 6. The third kappa shape index (κ3) is 4.46. The van der Waals surface area contributed by atoms with Crippen molar-refractivity contribution < 1.29 is 14.6 Å². The van der Waals surface area contributed by atoms with E-state index in [4.69, 9.17) is 4.74 Å². The van der Waals surface area contributed by atoms with Crippen molar-refractivity contribution in [3.05, 3.63) is 89.2 Å². The van der Waals surface area contributed by atoms with Gasteiger partial charge in [-0.05, 0) is 60.5 Å². The normalized spacial score (nSPS) is 10.4. The van der Waals surface area contributed by atoms with E-state index in [1.165, 1.54) is 0 Å². The Hall–Kier alpha value is -3.18. The summed E-state index contributed by atoms with van der Waals surface area (Å²) >= 11 is 0. The van der Waals surface area contributed by atoms with Gasteiger partial charge in [-0.2, -0.15) is 0 Å². The Morgan fingerprint density at radius 3 is 2.62 bits per heavy atom. The van der Waals surface area contributed by atoms with Gasteiger partial charge in [0.15, 0.2) is 0 Å². The molecule has 0 fully saturated rings. The van der Waals surface area contributed by atoms with E-state index in [2.05, 4.69) is 10.3 Å². The van der Waals surface area contributed by atoms with Crippen molar-refractivity contribution in [3.8, 4) is 5.75 Å². The summed E-state index contributed by atoms with van der Waals surface area (Å²) in [4.78, 5) is 16.6. The van der Waals surface area contributed by atoms with Crippen LogP contribution in [0.1, 0.15) is 27.2 Å². The fourth-order valence-electron chi connectivity index (χ4n) is 2.44. The fourth-order valence-corrected chi connectivity index (χ4v) is 2.44. The number of aryl methyl sites for hydroxylation is 1. The molecule has 0 aliphatic carbocycles. The highest BCUT2D eigenvalue weighted by Gasteiger charge is 2.09. The minimum absolute atomic E-state index is 0.0640. The molecule has 5 heteroatoms. The number of anilines is 1. The van der Waals surface area contributed by atoms with Crippen LogP contribution in [-0.2, 0) is 13.2 Å². The first-order valence-electron chi connectivity index (χ1n) is 8.30. The Kier molecular flexibility index (Phi) is 5.61. The summed E-state index contributed by atoms with van der Waals surface area (Å²) in [5, 5.41) is 12.1. The molecule has 0 radical (unpaired) electrons. The Labute approximate surface area is 152 Å². The SMILES string of the molecule is Cc1ccc(CO)cc1NC(=O)c1ccc(OCc2ccccn2)cc1. The quantitative estimate of drug-likeness (QED) is 0.712. The maximum Gasteiger partial charge on any atom is 0.255 e. The molecule has 0 unspecified atom stereocenters. The van der Waals surface area contributed by atoms with Gasteiger partial charge >= 0.3 is 0 Å². The molecule has 3 rings (SSSR count). The average molecular weight is 348 g/mol. The van der Waals surface area contributed by atoms with Crippen LogP contribution in [0.5, 0.6) is 5.75 Å². The maximum absolute atomic E-state index is 12.4. The first kappa shape index (κ1) is 17.6. The molecular formula is C21H20N2O3. The van der Waals surface area contributed by atoms with Crippen molar-refractivity contribution in [3.63, 3.8) is 0 Å². The summed E-state index contributed by atoms with van der Waals surface area (Å²) in [7, 11) is 0. The first-order chi connectivity index (χ1) is 12.7. The average Bonchev–Trinajstić information content (AvgIpc) is 2.69. The number of aliphatic hydroxyl groups excluding tert-OH is 1. The summed E-state index contributed by atoms with van der Waals surface area (Å²) in [5.41, 5.74) is 3.75. The molecule has 2 N–H and O–H groups in total. The van der Waals surface area contributed by atoms with Crippen LogP contribution in [-0.4, -0.2) is 16.0 Å². The number of aliphatic hydroxyl groups is 1. The van der Waals surface area contributed by atoms with Gasteiger partial charge in [-0.15, -0.1) is 0 Å². The number of nitrogens with zero attached hydrogens (tertiary/aromatic N) is 1. The van der Waals surface area contributed by atoms with E-state index in [9.17, 15) is 9.90 Å². The van der Waals surface area contributed by atoms with Gasteiger partial charge < -0.3 is 15.2 Å². The van der Waals surface area contributed by atoms with E-state index < -0.39 is 0 Å². The van der Waals surface area contributed by atoms with Gasteiger partial charge in [-0.3, -0.25) is 9.78 Å². The molecule has 1 heterocycles. The lowest BCUT2D eigenvalue weighted by Gasteiger charge is -2.11. The number of ether oxygens (including phenoxy) is 1. The molecule has 3 aromatic rings. The van der Waals surface area contributed by atoms with Gasteiger partial charge in [0.2, 0.25) is 0 Å². The molecule has 132 valence electrons. The van der Waals surface area contributed by atoms with Crippen LogP contribution in [0, 0.1) is 6.92 Å². The first-order valence-corrected chi connectivity index (χ1v) is 8.30. The van der Waals surface area contributed by atoms with Gasteiger partial charge in [-0.1, -0.05) is 18.2 Å². The summed E-state index contributed by atoms with van der Waals surface area (Å²) in [5.74, 6) is 0.463. The summed E-state index contributed by atoms with van der Waals surface area (Å²) in [6, 6.07) is 18.1. The zero-order valence-electron chi connectivity index (χ0n) is 14.5. The molecule has 1 aromatic heterocycles. The maximum atomic E-state index is 12.4. The monoisotopic (exact) mass is 348 g/mol. The molecule has 0 aliphatic heterocycles. The van der Waals surface area contributed by atoms with Gasteiger partial charge in [0.05, 0.1) is 12.3 Å². The Morgan fingerprint density at radius 1 is 1.12 bits per heavy atom. The molecule has 1 amide bonds. The number of pyridine rings is 1. The Balaban J connectivity index is 1.63. The highest BCUT2D eigenvalue weighted by atomic mass is 16.5. The van der Waals surface area contributed by atoms with E-state index in [0.29, 0.717) is 23.6 Å². The number of hydrogen-bond acceptors (Lipinski definition) is 4. The summed E-state index contributed by atoms with van der Waals surface area (Å²) in [6.45, 7) is 2.22. The fraction of sp³-hybridized carbons (Fsp3) is 0.143. The van der Waals surface area contributed by atoms with E-state index in [-0.39, 0.29) is 12.5 Å². The van der Waals surface area contributed by atoms with Crippen LogP contribution in [0.3, 0.4) is 0 Å². The standard InChI is InChI=1S/C21H20N2O3/c1-15-5-6-16(13-24)12-20(15)23-21(25)17-7-9-19(10-8-17)26-14-18-4-2-3-11-22-18/h2-12,24H,13-14H2,1H3,(H,23,25). The molecule has 0 bridgehead atoms. The second-order valence-corrected chi connectivity index (χ2v) is 5.90. The van der Waals surface area contributed by atoms with Crippen molar-refractivity contribution in [2.24, 2.45) is 0 Å². The highest BCUT2D eigenvalue weighted by molar-refractivity contribution is 6.04. The Bertz CT molecular complexity index is 878. The Morgan fingerprint density at radius 2 is 1.92 bits per heavy atom. The molecule has 0 spiro atoms. The van der Waals surface area contributed by atoms with Crippen LogP contribution >= 0.6 is 0 Å². The van der Waals surface area contributed by atoms with Crippen LogP contribution in [0.2, 0.25) is 0 Å². The van der Waals surface area contributed by atoms with Crippen molar-refractivity contribution in [2.75, 3.05) is 5.32 Å². The summed E-state index contributed by atoms with van der Waals surface area (Å²) < 4.78 is 5.67. The molecule has 5 nitrogen and oxygen atoms in total. The van der Waals surface area contributed by atoms with E-state index in [1.54, 1.807) is 36.5 Å². The van der Waals surface area contributed by atoms with E-state index >= 15 is 0 Å². The van der Waals surface area contributed by atoms with Crippen molar-refractivity contribution in [1.82, 2.24) is 4.98 Å². The number of benzene rings is 2. The predicted octanol–water partition coefficient (Wildman–Crippen LogP) is 3.71. The van der Waals surface area contributed by atoms with Crippen molar-refractivity contribution in [1.29, 1.82) is 0 Å². The van der Waals surface area contributed by atoms with E-state index in [1.807, 2.05) is 37.3 Å². The van der Waals surface area contributed by atoms with Gasteiger partial charge in [0.1, 0.15) is 12.4 Å². The number of amides is 1. The second kappa shape index (κ2) is 8.27. The molecule has 0 saturated heterocycles. The molecule has 0 aliphatic rings. The van der Waals surface area contributed by atoms with Gasteiger partial charge in [0, 0.05) is 17.4 Å². The van der Waals surface area contributed by atoms with Crippen LogP contribution in [0.15, 0.2) is 66.9 Å². The topological polar surface area (TPSA) is 71.5 Å². The minimum Gasteiger partial charge on any atom is -0.487 e. The number of aromatic nitrogens is 1. The zero-order chi connectivity index (χ0) is 18.4. The molecular weight excluding hydrogens is 328 g/mol. The molecule has 0 atom stereocenters. The largest absolute Gasteiger partial charge is 0.487 e. The third-order valence-electron chi connectivity index (χ3n) is 3.96. The van der Waals surface area contributed by atoms with Gasteiger partial charge in [0.25, 0.3) is 5.91 Å². The number of carbonyl (C=O) groups is 1. The second-order valence-electron chi connectivity index (χ2n) is 5.90. The smallest absolute Gasteiger partial charge is 0.255 e.